The van der Waals surface area contributed by atoms with Crippen LogP contribution < -0.4 is 0 Å². The van der Waals surface area contributed by atoms with Gasteiger partial charge in [-0.2, -0.15) is 0 Å². The van der Waals surface area contributed by atoms with Crippen molar-refractivity contribution in [3.05, 3.63) is 0 Å². The molecule has 2 atom stereocenters. The first-order valence-electron chi connectivity index (χ1n) is 9.78. The van der Waals surface area contributed by atoms with Gasteiger partial charge in [0, 0.05) is 58.3 Å². The number of likely N-dealkylation sites (tertiary alicyclic amines) is 1. The summed E-state index contributed by atoms with van der Waals surface area (Å²) in [4.78, 5) is 28.3. The Hall–Kier alpha value is -1.18. The van der Waals surface area contributed by atoms with E-state index in [4.69, 9.17) is 14.2 Å². The zero-order valence-corrected chi connectivity index (χ0v) is 16.1. The maximum atomic E-state index is 13.0. The lowest BCUT2D eigenvalue weighted by molar-refractivity contribution is -0.171. The fourth-order valence-corrected chi connectivity index (χ4v) is 4.36. The average Bonchev–Trinajstić information content (AvgIpc) is 2.67. The summed E-state index contributed by atoms with van der Waals surface area (Å²) in [5, 5.41) is 0. The largest absolute Gasteiger partial charge is 0.381 e. The Labute approximate surface area is 155 Å². The fourth-order valence-electron chi connectivity index (χ4n) is 4.36. The predicted octanol–water partition coefficient (Wildman–Crippen LogP) is 0.916. The van der Waals surface area contributed by atoms with E-state index < -0.39 is 0 Å². The molecule has 7 nitrogen and oxygen atoms in total. The van der Waals surface area contributed by atoms with Gasteiger partial charge < -0.3 is 24.0 Å². The van der Waals surface area contributed by atoms with Crippen LogP contribution in [0.5, 0.6) is 0 Å². The lowest BCUT2D eigenvalue weighted by Gasteiger charge is -2.50. The molecule has 0 aromatic carbocycles. The lowest BCUT2D eigenvalue weighted by Crippen LogP contribution is -2.59. The van der Waals surface area contributed by atoms with Gasteiger partial charge in [-0.15, -0.1) is 0 Å². The van der Waals surface area contributed by atoms with Gasteiger partial charge in [0.25, 0.3) is 0 Å². The molecule has 7 heteroatoms. The number of piperidine rings is 1. The molecule has 0 radical (unpaired) electrons. The van der Waals surface area contributed by atoms with Crippen molar-refractivity contribution in [2.24, 2.45) is 11.3 Å². The van der Waals surface area contributed by atoms with Crippen molar-refractivity contribution in [3.8, 4) is 0 Å². The van der Waals surface area contributed by atoms with Crippen molar-refractivity contribution >= 4 is 11.8 Å². The highest BCUT2D eigenvalue weighted by molar-refractivity contribution is 5.79. The second-order valence-corrected chi connectivity index (χ2v) is 8.04. The second kappa shape index (κ2) is 8.67. The third-order valence-corrected chi connectivity index (χ3v) is 5.98. The van der Waals surface area contributed by atoms with Crippen LogP contribution in [0.15, 0.2) is 0 Å². The first-order valence-corrected chi connectivity index (χ1v) is 9.78. The average molecular weight is 368 g/mol. The molecule has 3 heterocycles. The maximum absolute atomic E-state index is 13.0. The van der Waals surface area contributed by atoms with E-state index in [1.807, 2.05) is 4.90 Å². The number of hydrogen-bond acceptors (Lipinski definition) is 5. The number of rotatable bonds is 5. The van der Waals surface area contributed by atoms with E-state index in [-0.39, 0.29) is 35.9 Å². The van der Waals surface area contributed by atoms with E-state index >= 15 is 0 Å². The van der Waals surface area contributed by atoms with Gasteiger partial charge in [0.05, 0.1) is 12.7 Å². The van der Waals surface area contributed by atoms with Crippen LogP contribution in [0, 0.1) is 11.3 Å². The summed E-state index contributed by atoms with van der Waals surface area (Å²) in [6, 6.07) is 0. The third-order valence-electron chi connectivity index (χ3n) is 5.98. The smallest absolute Gasteiger partial charge is 0.248 e. The van der Waals surface area contributed by atoms with E-state index in [0.29, 0.717) is 26.4 Å². The van der Waals surface area contributed by atoms with E-state index in [0.717, 1.165) is 45.3 Å². The van der Waals surface area contributed by atoms with Crippen molar-refractivity contribution < 1.29 is 23.8 Å². The molecule has 26 heavy (non-hydrogen) atoms. The van der Waals surface area contributed by atoms with Gasteiger partial charge in [0.2, 0.25) is 11.8 Å². The Morgan fingerprint density at radius 2 is 1.96 bits per heavy atom. The Bertz CT molecular complexity index is 506. The first kappa shape index (κ1) is 19.6. The number of ether oxygens (including phenoxy) is 3. The molecule has 3 aliphatic rings. The zero-order chi connectivity index (χ0) is 18.6. The molecule has 3 saturated heterocycles. The van der Waals surface area contributed by atoms with E-state index in [9.17, 15) is 9.59 Å². The van der Waals surface area contributed by atoms with Crippen molar-refractivity contribution in [1.82, 2.24) is 9.80 Å². The normalized spacial score (nSPS) is 29.9. The second-order valence-electron chi connectivity index (χ2n) is 8.04. The summed E-state index contributed by atoms with van der Waals surface area (Å²) in [6.07, 6.45) is 4.54. The SMILES string of the molecule is CN(C)C(=O)COC[C@@]12CCCO[C@@H]1CCN(C(=O)C1CCOCC1)C2. The van der Waals surface area contributed by atoms with Gasteiger partial charge >= 0.3 is 0 Å². The van der Waals surface area contributed by atoms with Crippen molar-refractivity contribution in [3.63, 3.8) is 0 Å². The van der Waals surface area contributed by atoms with Crippen LogP contribution >= 0.6 is 0 Å². The number of fused-ring (bicyclic) bond motifs is 1. The number of carbonyl (C=O) groups excluding carboxylic acids is 2. The van der Waals surface area contributed by atoms with Crippen LogP contribution in [0.4, 0.5) is 0 Å². The molecule has 0 N–H and O–H groups in total. The van der Waals surface area contributed by atoms with Gasteiger partial charge in [0.1, 0.15) is 6.61 Å². The predicted molar refractivity (Wildman–Crippen MR) is 95.7 cm³/mol. The Kier molecular flexibility index (Phi) is 6.53. The highest BCUT2D eigenvalue weighted by Gasteiger charge is 2.48. The summed E-state index contributed by atoms with van der Waals surface area (Å²) in [5.74, 6) is 0.291. The zero-order valence-electron chi connectivity index (χ0n) is 16.1. The van der Waals surface area contributed by atoms with Crippen LogP contribution in [0.3, 0.4) is 0 Å². The molecule has 0 saturated carbocycles. The molecule has 0 aromatic rings. The minimum atomic E-state index is -0.191. The topological polar surface area (TPSA) is 68.3 Å². The van der Waals surface area contributed by atoms with Crippen molar-refractivity contribution in [2.45, 2.75) is 38.2 Å². The number of amides is 2. The molecule has 3 rings (SSSR count). The quantitative estimate of drug-likeness (QED) is 0.722. The van der Waals surface area contributed by atoms with Crippen LogP contribution in [-0.4, -0.2) is 87.9 Å². The van der Waals surface area contributed by atoms with Gasteiger partial charge in [-0.25, -0.2) is 0 Å². The molecule has 0 aliphatic carbocycles. The van der Waals surface area contributed by atoms with Gasteiger partial charge in [-0.3, -0.25) is 9.59 Å². The number of hydrogen-bond donors (Lipinski definition) is 0. The Balaban J connectivity index is 1.63. The van der Waals surface area contributed by atoms with E-state index in [1.165, 1.54) is 4.90 Å². The van der Waals surface area contributed by atoms with Gasteiger partial charge in [0.15, 0.2) is 0 Å². The molecule has 0 spiro atoms. The summed E-state index contributed by atoms with van der Waals surface area (Å²) >= 11 is 0. The van der Waals surface area contributed by atoms with E-state index in [2.05, 4.69) is 0 Å². The van der Waals surface area contributed by atoms with Crippen LogP contribution in [0.1, 0.15) is 32.1 Å². The van der Waals surface area contributed by atoms with Crippen LogP contribution in [0.2, 0.25) is 0 Å². The third kappa shape index (κ3) is 4.38. The number of likely N-dealkylation sites (N-methyl/N-ethyl adjacent to an activating group) is 1. The molecular formula is C19H32N2O5. The minimum Gasteiger partial charge on any atom is -0.381 e. The van der Waals surface area contributed by atoms with Crippen LogP contribution in [-0.2, 0) is 23.8 Å². The molecule has 0 bridgehead atoms. The monoisotopic (exact) mass is 368 g/mol. The maximum Gasteiger partial charge on any atom is 0.248 e. The molecule has 0 unspecified atom stereocenters. The highest BCUT2D eigenvalue weighted by Crippen LogP contribution is 2.41. The Morgan fingerprint density at radius 1 is 1.19 bits per heavy atom. The van der Waals surface area contributed by atoms with Crippen molar-refractivity contribution in [2.75, 3.05) is 60.2 Å². The first-order chi connectivity index (χ1) is 12.5. The standard InChI is InChI=1S/C19H32N2O5/c1-20(2)17(22)12-25-14-19-7-3-9-26-16(19)4-8-21(13-19)18(23)15-5-10-24-11-6-15/h15-16H,3-14H2,1-2H3/t16-,19+/m1/s1. The summed E-state index contributed by atoms with van der Waals surface area (Å²) in [6.45, 7) is 4.10. The molecule has 148 valence electrons. The molecule has 0 aromatic heterocycles. The summed E-state index contributed by atoms with van der Waals surface area (Å²) < 4.78 is 17.2. The van der Waals surface area contributed by atoms with Gasteiger partial charge in [-0.05, 0) is 32.1 Å². The molecular weight excluding hydrogens is 336 g/mol. The van der Waals surface area contributed by atoms with Gasteiger partial charge in [-0.1, -0.05) is 0 Å². The van der Waals surface area contributed by atoms with Crippen molar-refractivity contribution in [1.29, 1.82) is 0 Å². The minimum absolute atomic E-state index is 0.0411. The number of carbonyl (C=O) groups is 2. The molecule has 3 fully saturated rings. The highest BCUT2D eigenvalue weighted by atomic mass is 16.5. The molecule has 2 amide bonds. The van der Waals surface area contributed by atoms with Crippen LogP contribution in [0.25, 0.3) is 0 Å². The number of nitrogens with zero attached hydrogens (tertiary/aromatic N) is 2. The lowest BCUT2D eigenvalue weighted by atomic mass is 9.72. The van der Waals surface area contributed by atoms with E-state index in [1.54, 1.807) is 14.1 Å². The molecule has 3 aliphatic heterocycles. The summed E-state index contributed by atoms with van der Waals surface area (Å²) in [7, 11) is 3.46. The Morgan fingerprint density at radius 3 is 2.69 bits per heavy atom. The fraction of sp³-hybridized carbons (Fsp3) is 0.895. The summed E-state index contributed by atoms with van der Waals surface area (Å²) in [5.41, 5.74) is -0.191.